The molecule has 0 spiro atoms. The maximum absolute atomic E-state index is 4.78. The summed E-state index contributed by atoms with van der Waals surface area (Å²) in [6.45, 7) is 9.65. The molecule has 0 aliphatic rings. The molecule has 0 aromatic carbocycles. The molecule has 0 radical (unpaired) electrons. The van der Waals surface area contributed by atoms with Crippen molar-refractivity contribution >= 4 is 27.8 Å². The lowest BCUT2D eigenvalue weighted by molar-refractivity contribution is 0.823. The second-order valence-electron chi connectivity index (χ2n) is 5.07. The van der Waals surface area contributed by atoms with Gasteiger partial charge in [-0.15, -0.1) is 21.5 Å². The van der Waals surface area contributed by atoms with Gasteiger partial charge in [0.25, 0.3) is 0 Å². The molecule has 0 aliphatic carbocycles. The van der Waals surface area contributed by atoms with Gasteiger partial charge in [0.1, 0.15) is 0 Å². The molecular formula is C14H22N4S2. The van der Waals surface area contributed by atoms with Crippen molar-refractivity contribution in [1.29, 1.82) is 0 Å². The van der Waals surface area contributed by atoms with Gasteiger partial charge in [0.2, 0.25) is 5.13 Å². The Morgan fingerprint density at radius 1 is 1.10 bits per heavy atom. The summed E-state index contributed by atoms with van der Waals surface area (Å²) in [6, 6.07) is 0. The largest absolute Gasteiger partial charge is 0.360 e. The van der Waals surface area contributed by atoms with Crippen molar-refractivity contribution in [3.8, 4) is 9.88 Å². The first-order valence-electron chi connectivity index (χ1n) is 7.23. The average molecular weight is 310 g/mol. The number of rotatable bonds is 7. The molecule has 0 unspecified atom stereocenters. The van der Waals surface area contributed by atoms with Crippen molar-refractivity contribution in [3.05, 3.63) is 10.7 Å². The monoisotopic (exact) mass is 310 g/mol. The first-order chi connectivity index (χ1) is 9.65. The summed E-state index contributed by atoms with van der Waals surface area (Å²) in [5.41, 5.74) is 1.18. The van der Waals surface area contributed by atoms with Crippen molar-refractivity contribution in [1.82, 2.24) is 15.2 Å². The zero-order valence-electron chi connectivity index (χ0n) is 12.6. The van der Waals surface area contributed by atoms with Gasteiger partial charge in [0.15, 0.2) is 5.01 Å². The maximum atomic E-state index is 4.78. The number of aromatic nitrogens is 3. The number of hydrogen-bond donors (Lipinski definition) is 1. The van der Waals surface area contributed by atoms with E-state index in [0.29, 0.717) is 5.92 Å². The number of anilines is 1. The van der Waals surface area contributed by atoms with E-state index in [1.165, 1.54) is 15.6 Å². The Balaban J connectivity index is 2.27. The number of aryl methyl sites for hydroxylation is 1. The highest BCUT2D eigenvalue weighted by Crippen LogP contribution is 2.36. The van der Waals surface area contributed by atoms with Gasteiger partial charge in [-0.1, -0.05) is 45.5 Å². The van der Waals surface area contributed by atoms with Gasteiger partial charge in [-0.05, 0) is 12.8 Å². The van der Waals surface area contributed by atoms with Crippen molar-refractivity contribution in [2.75, 3.05) is 11.9 Å². The summed E-state index contributed by atoms with van der Waals surface area (Å²) in [7, 11) is 0. The van der Waals surface area contributed by atoms with Crippen LogP contribution in [0.2, 0.25) is 0 Å². The van der Waals surface area contributed by atoms with Crippen LogP contribution in [0.1, 0.15) is 57.2 Å². The molecule has 110 valence electrons. The van der Waals surface area contributed by atoms with E-state index in [2.05, 4.69) is 43.2 Å². The Morgan fingerprint density at radius 2 is 1.90 bits per heavy atom. The van der Waals surface area contributed by atoms with Gasteiger partial charge in [-0.25, -0.2) is 4.98 Å². The smallest absolute Gasteiger partial charge is 0.206 e. The first-order valence-corrected chi connectivity index (χ1v) is 8.86. The molecule has 0 saturated heterocycles. The molecule has 0 saturated carbocycles. The van der Waals surface area contributed by atoms with Crippen molar-refractivity contribution in [2.24, 2.45) is 0 Å². The minimum Gasteiger partial charge on any atom is -0.360 e. The Kier molecular flexibility index (Phi) is 5.48. The highest BCUT2D eigenvalue weighted by Gasteiger charge is 2.17. The Bertz CT molecular complexity index is 545. The van der Waals surface area contributed by atoms with E-state index in [9.17, 15) is 0 Å². The molecular weight excluding hydrogens is 288 g/mol. The second kappa shape index (κ2) is 7.13. The molecule has 2 rings (SSSR count). The van der Waals surface area contributed by atoms with E-state index in [-0.39, 0.29) is 0 Å². The molecule has 2 aromatic rings. The van der Waals surface area contributed by atoms with E-state index in [0.717, 1.165) is 35.9 Å². The molecule has 0 fully saturated rings. The van der Waals surface area contributed by atoms with Gasteiger partial charge < -0.3 is 5.32 Å². The summed E-state index contributed by atoms with van der Waals surface area (Å²) >= 11 is 3.39. The third-order valence-electron chi connectivity index (χ3n) is 2.84. The fraction of sp³-hybridized carbons (Fsp3) is 0.643. The fourth-order valence-electron chi connectivity index (χ4n) is 1.81. The van der Waals surface area contributed by atoms with Gasteiger partial charge >= 0.3 is 0 Å². The molecule has 2 aromatic heterocycles. The van der Waals surface area contributed by atoms with Crippen LogP contribution in [0.15, 0.2) is 0 Å². The SMILES string of the molecule is CCCNc1nnc(-c2sc(C(C)C)nc2CCC)s1. The average Bonchev–Trinajstić information content (AvgIpc) is 3.03. The maximum Gasteiger partial charge on any atom is 0.206 e. The Hall–Kier alpha value is -1.01. The van der Waals surface area contributed by atoms with Crippen molar-refractivity contribution in [3.63, 3.8) is 0 Å². The fourth-order valence-corrected chi connectivity index (χ4v) is 3.78. The molecule has 6 heteroatoms. The van der Waals surface area contributed by atoms with Gasteiger partial charge in [0, 0.05) is 12.5 Å². The van der Waals surface area contributed by atoms with Crippen molar-refractivity contribution < 1.29 is 0 Å². The zero-order valence-corrected chi connectivity index (χ0v) is 14.2. The summed E-state index contributed by atoms with van der Waals surface area (Å²) in [5.74, 6) is 0.468. The number of nitrogens with one attached hydrogen (secondary N) is 1. The van der Waals surface area contributed by atoms with Crippen LogP contribution in [0.25, 0.3) is 9.88 Å². The molecule has 20 heavy (non-hydrogen) atoms. The van der Waals surface area contributed by atoms with E-state index in [1.54, 1.807) is 22.7 Å². The number of nitrogens with zero attached hydrogens (tertiary/aromatic N) is 3. The van der Waals surface area contributed by atoms with E-state index in [4.69, 9.17) is 4.98 Å². The molecule has 1 N–H and O–H groups in total. The normalized spacial score (nSPS) is 11.2. The van der Waals surface area contributed by atoms with Crippen LogP contribution in [0.4, 0.5) is 5.13 Å². The minimum absolute atomic E-state index is 0.468. The van der Waals surface area contributed by atoms with E-state index >= 15 is 0 Å². The Labute approximate surface area is 128 Å². The second-order valence-corrected chi connectivity index (χ2v) is 7.08. The lowest BCUT2D eigenvalue weighted by Gasteiger charge is -1.96. The topological polar surface area (TPSA) is 50.7 Å². The number of thiazole rings is 1. The highest BCUT2D eigenvalue weighted by atomic mass is 32.1. The molecule has 0 bridgehead atoms. The molecule has 4 nitrogen and oxygen atoms in total. The van der Waals surface area contributed by atoms with Gasteiger partial charge in [0.05, 0.1) is 15.6 Å². The predicted octanol–water partition coefficient (Wildman–Crippen LogP) is 4.56. The van der Waals surface area contributed by atoms with Crippen molar-refractivity contribution in [2.45, 2.75) is 52.9 Å². The standard InChI is InChI=1S/C14H22N4S2/c1-5-7-10-11(19-12(16-10)9(3)4)13-17-18-14(20-13)15-8-6-2/h9H,5-8H2,1-4H3,(H,15,18). The first kappa shape index (κ1) is 15.4. The van der Waals surface area contributed by atoms with Crippen LogP contribution < -0.4 is 5.32 Å². The van der Waals surface area contributed by atoms with Crippen LogP contribution in [-0.2, 0) is 6.42 Å². The third-order valence-corrected chi connectivity index (χ3v) is 5.27. The van der Waals surface area contributed by atoms with Crippen LogP contribution >= 0.6 is 22.7 Å². The van der Waals surface area contributed by atoms with E-state index in [1.807, 2.05) is 0 Å². The van der Waals surface area contributed by atoms with Crippen LogP contribution in [0.3, 0.4) is 0 Å². The lowest BCUT2D eigenvalue weighted by atomic mass is 10.2. The highest BCUT2D eigenvalue weighted by molar-refractivity contribution is 7.23. The third kappa shape index (κ3) is 3.55. The van der Waals surface area contributed by atoms with Crippen LogP contribution in [0.5, 0.6) is 0 Å². The lowest BCUT2D eigenvalue weighted by Crippen LogP contribution is -1.98. The van der Waals surface area contributed by atoms with Gasteiger partial charge in [-0.2, -0.15) is 0 Å². The zero-order chi connectivity index (χ0) is 14.5. The molecule has 0 amide bonds. The summed E-state index contributed by atoms with van der Waals surface area (Å²) in [5, 5.41) is 14.9. The summed E-state index contributed by atoms with van der Waals surface area (Å²) < 4.78 is 0. The summed E-state index contributed by atoms with van der Waals surface area (Å²) in [4.78, 5) is 5.99. The number of hydrogen-bond acceptors (Lipinski definition) is 6. The molecule has 0 aliphatic heterocycles. The van der Waals surface area contributed by atoms with Crippen LogP contribution in [-0.4, -0.2) is 21.7 Å². The van der Waals surface area contributed by atoms with Crippen LogP contribution in [0, 0.1) is 0 Å². The quantitative estimate of drug-likeness (QED) is 0.814. The molecule has 0 atom stereocenters. The predicted molar refractivity (Wildman–Crippen MR) is 87.9 cm³/mol. The summed E-state index contributed by atoms with van der Waals surface area (Å²) in [6.07, 6.45) is 3.21. The van der Waals surface area contributed by atoms with Gasteiger partial charge in [-0.3, -0.25) is 0 Å². The Morgan fingerprint density at radius 3 is 2.55 bits per heavy atom. The molecule has 2 heterocycles. The minimum atomic E-state index is 0.468. The van der Waals surface area contributed by atoms with E-state index < -0.39 is 0 Å².